The van der Waals surface area contributed by atoms with E-state index in [-0.39, 0.29) is 11.8 Å². The van der Waals surface area contributed by atoms with Crippen molar-refractivity contribution in [3.8, 4) is 0 Å². The molecule has 2 atom stereocenters. The summed E-state index contributed by atoms with van der Waals surface area (Å²) >= 11 is 0. The summed E-state index contributed by atoms with van der Waals surface area (Å²) in [6, 6.07) is 10.3. The van der Waals surface area contributed by atoms with Crippen LogP contribution >= 0.6 is 0 Å². The molecule has 0 spiro atoms. The first-order valence-corrected chi connectivity index (χ1v) is 6.80. The number of nitrogens with one attached hydrogen (secondary N) is 2. The Bertz CT molecular complexity index is 371. The first-order valence-electron chi connectivity index (χ1n) is 6.80. The predicted molar refractivity (Wildman–Crippen MR) is 73.5 cm³/mol. The Morgan fingerprint density at radius 2 is 2.22 bits per heavy atom. The Morgan fingerprint density at radius 1 is 1.44 bits per heavy atom. The van der Waals surface area contributed by atoms with E-state index < -0.39 is 0 Å². The Hall–Kier alpha value is -1.35. The summed E-state index contributed by atoms with van der Waals surface area (Å²) in [5.74, 6) is 0.721. The molecule has 2 rings (SSSR count). The minimum Gasteiger partial charge on any atom is -0.355 e. The number of piperidine rings is 1. The average molecular weight is 246 g/mol. The summed E-state index contributed by atoms with van der Waals surface area (Å²) in [6.45, 7) is 4.74. The van der Waals surface area contributed by atoms with Crippen LogP contribution in [-0.2, 0) is 4.79 Å². The highest BCUT2D eigenvalue weighted by molar-refractivity contribution is 5.79. The van der Waals surface area contributed by atoms with Gasteiger partial charge in [0, 0.05) is 13.1 Å². The predicted octanol–water partition coefficient (Wildman–Crippen LogP) is 1.91. The molecule has 1 saturated heterocycles. The van der Waals surface area contributed by atoms with Gasteiger partial charge in [-0.15, -0.1) is 0 Å². The fraction of sp³-hybridized carbons (Fsp3) is 0.533. The number of benzene rings is 1. The van der Waals surface area contributed by atoms with Crippen molar-refractivity contribution in [2.45, 2.75) is 25.7 Å². The van der Waals surface area contributed by atoms with Gasteiger partial charge in [-0.3, -0.25) is 4.79 Å². The maximum Gasteiger partial charge on any atom is 0.224 e. The number of hydrogen-bond donors (Lipinski definition) is 2. The Morgan fingerprint density at radius 3 is 2.89 bits per heavy atom. The zero-order valence-corrected chi connectivity index (χ0v) is 11.0. The minimum absolute atomic E-state index is 0.154. The van der Waals surface area contributed by atoms with Crippen molar-refractivity contribution in [2.75, 3.05) is 19.6 Å². The van der Waals surface area contributed by atoms with E-state index in [4.69, 9.17) is 0 Å². The van der Waals surface area contributed by atoms with Crippen molar-refractivity contribution in [1.82, 2.24) is 10.6 Å². The van der Waals surface area contributed by atoms with E-state index in [1.165, 1.54) is 5.56 Å². The second-order valence-electron chi connectivity index (χ2n) is 5.10. The zero-order chi connectivity index (χ0) is 12.8. The third-order valence-corrected chi connectivity index (χ3v) is 3.62. The van der Waals surface area contributed by atoms with E-state index in [9.17, 15) is 4.79 Å². The van der Waals surface area contributed by atoms with Gasteiger partial charge in [0.05, 0.1) is 5.92 Å². The summed E-state index contributed by atoms with van der Waals surface area (Å²) < 4.78 is 0. The van der Waals surface area contributed by atoms with Gasteiger partial charge < -0.3 is 10.6 Å². The molecule has 0 aliphatic carbocycles. The maximum atomic E-state index is 12.0. The maximum absolute atomic E-state index is 12.0. The molecule has 0 radical (unpaired) electrons. The minimum atomic E-state index is 0.154. The fourth-order valence-corrected chi connectivity index (χ4v) is 2.37. The van der Waals surface area contributed by atoms with Gasteiger partial charge in [-0.2, -0.15) is 0 Å². The van der Waals surface area contributed by atoms with Crippen LogP contribution in [0.2, 0.25) is 0 Å². The molecule has 1 aromatic rings. The van der Waals surface area contributed by atoms with Gasteiger partial charge in [0.2, 0.25) is 5.91 Å². The monoisotopic (exact) mass is 246 g/mol. The summed E-state index contributed by atoms with van der Waals surface area (Å²) in [5, 5.41) is 6.35. The molecule has 1 aromatic carbocycles. The number of amides is 1. The largest absolute Gasteiger partial charge is 0.355 e. The third-order valence-electron chi connectivity index (χ3n) is 3.62. The molecule has 0 bridgehead atoms. The molecule has 1 amide bonds. The van der Waals surface area contributed by atoms with E-state index in [1.807, 2.05) is 18.2 Å². The normalized spacial score (nSPS) is 21.3. The Labute approximate surface area is 109 Å². The quantitative estimate of drug-likeness (QED) is 0.852. The number of hydrogen-bond acceptors (Lipinski definition) is 2. The zero-order valence-electron chi connectivity index (χ0n) is 11.0. The number of carbonyl (C=O) groups is 1. The third kappa shape index (κ3) is 3.57. The molecule has 1 fully saturated rings. The van der Waals surface area contributed by atoms with Crippen molar-refractivity contribution in [1.29, 1.82) is 0 Å². The number of carbonyl (C=O) groups excluding carboxylic acids is 1. The second-order valence-corrected chi connectivity index (χ2v) is 5.10. The SMILES string of the molecule is C[C@@H](CNC(=O)[C@H]1CCCNC1)c1ccccc1. The van der Waals surface area contributed by atoms with Gasteiger partial charge in [0.15, 0.2) is 0 Å². The molecule has 1 aliphatic heterocycles. The highest BCUT2D eigenvalue weighted by Crippen LogP contribution is 2.14. The van der Waals surface area contributed by atoms with Crippen molar-refractivity contribution in [2.24, 2.45) is 5.92 Å². The molecular weight excluding hydrogens is 224 g/mol. The molecule has 0 unspecified atom stereocenters. The van der Waals surface area contributed by atoms with Crippen molar-refractivity contribution >= 4 is 5.91 Å². The van der Waals surface area contributed by atoms with Gasteiger partial charge in [0.25, 0.3) is 0 Å². The van der Waals surface area contributed by atoms with E-state index in [1.54, 1.807) is 0 Å². The van der Waals surface area contributed by atoms with Crippen LogP contribution in [-0.4, -0.2) is 25.5 Å². The molecule has 2 N–H and O–H groups in total. The molecule has 0 saturated carbocycles. The topological polar surface area (TPSA) is 41.1 Å². The van der Waals surface area contributed by atoms with Gasteiger partial charge >= 0.3 is 0 Å². The van der Waals surface area contributed by atoms with Gasteiger partial charge in [0.1, 0.15) is 0 Å². The molecule has 3 heteroatoms. The summed E-state index contributed by atoms with van der Waals surface area (Å²) in [7, 11) is 0. The lowest BCUT2D eigenvalue weighted by molar-refractivity contribution is -0.125. The van der Waals surface area contributed by atoms with Crippen LogP contribution in [0.4, 0.5) is 0 Å². The fourth-order valence-electron chi connectivity index (χ4n) is 2.37. The lowest BCUT2D eigenvalue weighted by atomic mass is 9.97. The number of rotatable bonds is 4. The highest BCUT2D eigenvalue weighted by Gasteiger charge is 2.20. The van der Waals surface area contributed by atoms with E-state index in [2.05, 4.69) is 29.7 Å². The molecule has 1 heterocycles. The summed E-state index contributed by atoms with van der Waals surface area (Å²) in [5.41, 5.74) is 1.28. The average Bonchev–Trinajstić information content (AvgIpc) is 2.46. The van der Waals surface area contributed by atoms with Gasteiger partial charge in [-0.05, 0) is 30.9 Å². The van der Waals surface area contributed by atoms with Crippen LogP contribution in [0.3, 0.4) is 0 Å². The van der Waals surface area contributed by atoms with Crippen LogP contribution in [0.25, 0.3) is 0 Å². The molecular formula is C15H22N2O. The first kappa shape index (κ1) is 13.1. The molecule has 18 heavy (non-hydrogen) atoms. The van der Waals surface area contributed by atoms with Gasteiger partial charge in [-0.1, -0.05) is 37.3 Å². The molecule has 1 aliphatic rings. The van der Waals surface area contributed by atoms with E-state index >= 15 is 0 Å². The van der Waals surface area contributed by atoms with Crippen LogP contribution in [0, 0.1) is 5.92 Å². The smallest absolute Gasteiger partial charge is 0.224 e. The van der Waals surface area contributed by atoms with Crippen LogP contribution in [0.1, 0.15) is 31.2 Å². The van der Waals surface area contributed by atoms with E-state index in [0.717, 1.165) is 32.5 Å². The van der Waals surface area contributed by atoms with Gasteiger partial charge in [-0.25, -0.2) is 0 Å². The van der Waals surface area contributed by atoms with Crippen LogP contribution in [0.15, 0.2) is 30.3 Å². The van der Waals surface area contributed by atoms with Crippen LogP contribution < -0.4 is 10.6 Å². The van der Waals surface area contributed by atoms with E-state index in [0.29, 0.717) is 5.92 Å². The Balaban J connectivity index is 1.78. The lowest BCUT2D eigenvalue weighted by Crippen LogP contribution is -2.41. The van der Waals surface area contributed by atoms with Crippen molar-refractivity contribution < 1.29 is 4.79 Å². The summed E-state index contributed by atoms with van der Waals surface area (Å²) in [4.78, 5) is 12.0. The molecule has 98 valence electrons. The van der Waals surface area contributed by atoms with Crippen molar-refractivity contribution in [3.05, 3.63) is 35.9 Å². The summed E-state index contributed by atoms with van der Waals surface area (Å²) in [6.07, 6.45) is 2.12. The van der Waals surface area contributed by atoms with Crippen LogP contribution in [0.5, 0.6) is 0 Å². The molecule has 3 nitrogen and oxygen atoms in total. The lowest BCUT2D eigenvalue weighted by Gasteiger charge is -2.23. The molecule has 0 aromatic heterocycles. The first-order chi connectivity index (χ1) is 8.77. The standard InChI is InChI=1S/C15H22N2O/c1-12(13-6-3-2-4-7-13)10-17-15(18)14-8-5-9-16-11-14/h2-4,6-7,12,14,16H,5,8-11H2,1H3,(H,17,18)/t12-,14-/m0/s1. The second kappa shape index (κ2) is 6.55. The highest BCUT2D eigenvalue weighted by atomic mass is 16.1. The van der Waals surface area contributed by atoms with Crippen molar-refractivity contribution in [3.63, 3.8) is 0 Å². The Kier molecular flexibility index (Phi) is 4.76.